The molecule has 4 nitrogen and oxygen atoms in total. The predicted molar refractivity (Wildman–Crippen MR) is 70.4 cm³/mol. The molecule has 0 aromatic carbocycles. The Morgan fingerprint density at radius 2 is 2.24 bits per heavy atom. The van der Waals surface area contributed by atoms with Crippen molar-refractivity contribution in [3.63, 3.8) is 0 Å². The molecule has 1 spiro atoms. The van der Waals surface area contributed by atoms with Gasteiger partial charge in [0.15, 0.2) is 0 Å². The Balaban J connectivity index is 1.73. The van der Waals surface area contributed by atoms with Gasteiger partial charge in [-0.25, -0.2) is 0 Å². The van der Waals surface area contributed by atoms with E-state index in [1.165, 1.54) is 0 Å². The minimum Gasteiger partial charge on any atom is -0.381 e. The molecule has 2 saturated heterocycles. The van der Waals surface area contributed by atoms with Crippen LogP contribution in [-0.2, 0) is 9.53 Å². The van der Waals surface area contributed by atoms with Crippen LogP contribution in [0.15, 0.2) is 0 Å². The Labute approximate surface area is 108 Å². The van der Waals surface area contributed by atoms with Gasteiger partial charge >= 0.3 is 0 Å². The van der Waals surface area contributed by atoms with E-state index in [4.69, 9.17) is 4.74 Å². The first kappa shape index (κ1) is 13.2. The first-order valence-corrected chi connectivity index (χ1v) is 7.12. The second kappa shape index (κ2) is 5.16. The van der Waals surface area contributed by atoms with E-state index in [0.29, 0.717) is 23.2 Å². The molecule has 0 unspecified atom stereocenters. The fraction of sp³-hybridized carbons (Fsp3) is 0.917. The quantitative estimate of drug-likeness (QED) is 0.742. The summed E-state index contributed by atoms with van der Waals surface area (Å²) >= 11 is 1.98. The lowest BCUT2D eigenvalue weighted by atomic mass is 9.92. The number of hydrogen-bond donors (Lipinski definition) is 0. The maximum absolute atomic E-state index is 11.9. The molecule has 2 rings (SSSR count). The second-order valence-corrected chi connectivity index (χ2v) is 6.85. The largest absolute Gasteiger partial charge is 0.381 e. The van der Waals surface area contributed by atoms with E-state index in [0.717, 1.165) is 31.8 Å². The van der Waals surface area contributed by atoms with E-state index in [2.05, 4.69) is 4.90 Å². The van der Waals surface area contributed by atoms with E-state index in [1.54, 1.807) is 7.11 Å². The highest BCUT2D eigenvalue weighted by Gasteiger charge is 2.50. The highest BCUT2D eigenvalue weighted by atomic mass is 32.2. The number of hydrogen-bond acceptors (Lipinski definition) is 4. The molecule has 0 aromatic heterocycles. The average Bonchev–Trinajstić information content (AvgIpc) is 2.68. The van der Waals surface area contributed by atoms with Crippen LogP contribution in [0.1, 0.15) is 12.8 Å². The normalized spacial score (nSPS) is 26.6. The molecule has 2 aliphatic rings. The molecule has 0 aliphatic carbocycles. The Kier molecular flexibility index (Phi) is 4.00. The van der Waals surface area contributed by atoms with E-state index in [1.807, 2.05) is 30.8 Å². The van der Waals surface area contributed by atoms with Crippen LogP contribution in [0.25, 0.3) is 0 Å². The third-order valence-corrected chi connectivity index (χ3v) is 5.17. The van der Waals surface area contributed by atoms with E-state index in [-0.39, 0.29) is 0 Å². The highest BCUT2D eigenvalue weighted by molar-refractivity contribution is 8.01. The summed E-state index contributed by atoms with van der Waals surface area (Å²) in [5.74, 6) is 1.38. The third kappa shape index (κ3) is 2.95. The molecule has 2 aliphatic heterocycles. The zero-order valence-electron chi connectivity index (χ0n) is 10.9. The molecule has 0 bridgehead atoms. The van der Waals surface area contributed by atoms with Crippen molar-refractivity contribution in [2.75, 3.05) is 46.6 Å². The maximum Gasteiger partial charge on any atom is 0.223 e. The van der Waals surface area contributed by atoms with E-state index >= 15 is 0 Å². The van der Waals surface area contributed by atoms with Gasteiger partial charge in [-0.3, -0.25) is 4.79 Å². The van der Waals surface area contributed by atoms with Gasteiger partial charge < -0.3 is 14.5 Å². The van der Waals surface area contributed by atoms with Crippen molar-refractivity contribution >= 4 is 17.7 Å². The van der Waals surface area contributed by atoms with Crippen molar-refractivity contribution in [1.82, 2.24) is 9.80 Å². The molecule has 98 valence electrons. The molecule has 0 aromatic rings. The van der Waals surface area contributed by atoms with E-state index < -0.39 is 0 Å². The molecule has 17 heavy (non-hydrogen) atoms. The van der Waals surface area contributed by atoms with Gasteiger partial charge in [0, 0.05) is 38.9 Å². The lowest BCUT2D eigenvalue weighted by Gasteiger charge is -2.47. The van der Waals surface area contributed by atoms with Crippen molar-refractivity contribution in [1.29, 1.82) is 0 Å². The molecule has 2 fully saturated rings. The van der Waals surface area contributed by atoms with Crippen LogP contribution in [0.3, 0.4) is 0 Å². The SMILES string of the molecule is CO[C@@H]1CSC2(C1)CN(C(=O)CCN(C)C)C2. The maximum atomic E-state index is 11.9. The standard InChI is InChI=1S/C12H22N2O2S/c1-13(2)5-4-11(15)14-8-12(9-14)6-10(16-3)7-17-12/h10H,4-9H2,1-3H3/t10-/m0/s1. The predicted octanol–water partition coefficient (Wildman–Crippen LogP) is 0.671. The molecule has 5 heteroatoms. The molecule has 0 saturated carbocycles. The summed E-state index contributed by atoms with van der Waals surface area (Å²) in [5, 5.41) is 0. The van der Waals surface area contributed by atoms with E-state index in [9.17, 15) is 4.79 Å². The minimum atomic E-state index is 0.297. The summed E-state index contributed by atoms with van der Waals surface area (Å²) in [4.78, 5) is 15.9. The zero-order valence-corrected chi connectivity index (χ0v) is 11.8. The smallest absolute Gasteiger partial charge is 0.223 e. The first-order chi connectivity index (χ1) is 8.04. The van der Waals surface area contributed by atoms with Gasteiger partial charge in [-0.15, -0.1) is 11.8 Å². The van der Waals surface area contributed by atoms with Crippen molar-refractivity contribution < 1.29 is 9.53 Å². The molecule has 1 amide bonds. The van der Waals surface area contributed by atoms with Crippen molar-refractivity contribution in [2.45, 2.75) is 23.7 Å². The zero-order chi connectivity index (χ0) is 12.5. The summed E-state index contributed by atoms with van der Waals surface area (Å²) in [6, 6.07) is 0. The van der Waals surface area contributed by atoms with Gasteiger partial charge in [0.1, 0.15) is 0 Å². The van der Waals surface area contributed by atoms with Gasteiger partial charge in [0.05, 0.1) is 10.9 Å². The Morgan fingerprint density at radius 1 is 1.53 bits per heavy atom. The number of carbonyl (C=O) groups is 1. The Hall–Kier alpha value is -0.260. The van der Waals surface area contributed by atoms with Gasteiger partial charge in [0.2, 0.25) is 5.91 Å². The summed E-state index contributed by atoms with van der Waals surface area (Å²) in [5.41, 5.74) is 0. The molecular weight excluding hydrogens is 236 g/mol. The van der Waals surface area contributed by atoms with Gasteiger partial charge in [-0.2, -0.15) is 0 Å². The number of likely N-dealkylation sites (tertiary alicyclic amines) is 1. The Morgan fingerprint density at radius 3 is 2.76 bits per heavy atom. The van der Waals surface area contributed by atoms with Crippen LogP contribution in [-0.4, -0.2) is 73.2 Å². The van der Waals surface area contributed by atoms with Crippen LogP contribution >= 0.6 is 11.8 Å². The average molecular weight is 258 g/mol. The first-order valence-electron chi connectivity index (χ1n) is 6.14. The van der Waals surface area contributed by atoms with Gasteiger partial charge in [0.25, 0.3) is 0 Å². The monoisotopic (exact) mass is 258 g/mol. The fourth-order valence-electron chi connectivity index (χ4n) is 2.48. The second-order valence-electron chi connectivity index (χ2n) is 5.36. The molecule has 0 N–H and O–H groups in total. The van der Waals surface area contributed by atoms with Gasteiger partial charge in [-0.1, -0.05) is 0 Å². The van der Waals surface area contributed by atoms with Crippen LogP contribution in [0.5, 0.6) is 0 Å². The highest BCUT2D eigenvalue weighted by Crippen LogP contribution is 2.45. The number of ether oxygens (including phenoxy) is 1. The topological polar surface area (TPSA) is 32.8 Å². The number of nitrogens with zero attached hydrogens (tertiary/aromatic N) is 2. The van der Waals surface area contributed by atoms with Crippen molar-refractivity contribution in [2.24, 2.45) is 0 Å². The number of amides is 1. The van der Waals surface area contributed by atoms with Crippen LogP contribution in [0.4, 0.5) is 0 Å². The molecular formula is C12H22N2O2S. The lowest BCUT2D eigenvalue weighted by Crippen LogP contribution is -2.61. The van der Waals surface area contributed by atoms with Crippen molar-refractivity contribution in [3.05, 3.63) is 0 Å². The summed E-state index contributed by atoms with van der Waals surface area (Å²) in [6.07, 6.45) is 2.13. The third-order valence-electron chi connectivity index (χ3n) is 3.59. The number of rotatable bonds is 4. The Bertz CT molecular complexity index is 290. The van der Waals surface area contributed by atoms with Crippen LogP contribution < -0.4 is 0 Å². The van der Waals surface area contributed by atoms with Crippen LogP contribution in [0, 0.1) is 0 Å². The summed E-state index contributed by atoms with van der Waals surface area (Å²) < 4.78 is 5.70. The van der Waals surface area contributed by atoms with Crippen LogP contribution in [0.2, 0.25) is 0 Å². The van der Waals surface area contributed by atoms with Crippen molar-refractivity contribution in [3.8, 4) is 0 Å². The summed E-state index contributed by atoms with van der Waals surface area (Å²) in [7, 11) is 5.78. The number of methoxy groups -OCH3 is 1. The number of carbonyl (C=O) groups excluding carboxylic acids is 1. The molecule has 2 heterocycles. The fourth-order valence-corrected chi connectivity index (χ4v) is 4.07. The molecule has 0 radical (unpaired) electrons. The number of thioether (sulfide) groups is 1. The van der Waals surface area contributed by atoms with Gasteiger partial charge in [-0.05, 0) is 20.5 Å². The minimum absolute atomic E-state index is 0.297. The molecule has 1 atom stereocenters. The summed E-state index contributed by atoms with van der Waals surface area (Å²) in [6.45, 7) is 2.68. The lowest BCUT2D eigenvalue weighted by molar-refractivity contribution is -0.136.